The van der Waals surface area contributed by atoms with Gasteiger partial charge in [-0.05, 0) is 12.3 Å². The van der Waals surface area contributed by atoms with Crippen molar-refractivity contribution in [2.45, 2.75) is 26.7 Å². The van der Waals surface area contributed by atoms with Crippen LogP contribution in [0.2, 0.25) is 0 Å². The minimum atomic E-state index is -0.0579. The summed E-state index contributed by atoms with van der Waals surface area (Å²) in [4.78, 5) is 20.3. The van der Waals surface area contributed by atoms with Gasteiger partial charge in [-0.3, -0.25) is 0 Å². The molecule has 0 aliphatic heterocycles. The number of hydrogen-bond donors (Lipinski definition) is 0. The van der Waals surface area contributed by atoms with E-state index in [2.05, 4.69) is 0 Å². The fraction of sp³-hybridized carbons (Fsp3) is 0.750. The number of carbonyl (C=O) groups excluding carboxylic acids is 2. The van der Waals surface area contributed by atoms with Crippen LogP contribution in [0.4, 0.5) is 0 Å². The van der Waals surface area contributed by atoms with Gasteiger partial charge in [-0.1, -0.05) is 13.8 Å². The topological polar surface area (TPSA) is 34.1 Å². The molecule has 0 radical (unpaired) electrons. The van der Waals surface area contributed by atoms with Crippen LogP contribution < -0.4 is 0 Å². The Morgan fingerprint density at radius 1 is 1.30 bits per heavy atom. The molecule has 58 valence electrons. The summed E-state index contributed by atoms with van der Waals surface area (Å²) in [6.45, 7) is 4.09. The summed E-state index contributed by atoms with van der Waals surface area (Å²) >= 11 is 0. The van der Waals surface area contributed by atoms with E-state index in [9.17, 15) is 9.59 Å². The highest BCUT2D eigenvalue weighted by Gasteiger charge is 2.07. The molecule has 0 saturated carbocycles. The summed E-state index contributed by atoms with van der Waals surface area (Å²) in [7, 11) is 0. The lowest BCUT2D eigenvalue weighted by Gasteiger charge is -2.07. The van der Waals surface area contributed by atoms with Gasteiger partial charge >= 0.3 is 0 Å². The van der Waals surface area contributed by atoms with Crippen LogP contribution in [-0.4, -0.2) is 12.6 Å². The van der Waals surface area contributed by atoms with Gasteiger partial charge in [0, 0.05) is 12.3 Å². The zero-order valence-electron chi connectivity index (χ0n) is 6.54. The summed E-state index contributed by atoms with van der Waals surface area (Å²) in [5.41, 5.74) is 0. The highest BCUT2D eigenvalue weighted by Crippen LogP contribution is 2.11. The van der Waals surface area contributed by atoms with E-state index in [1.54, 1.807) is 0 Å². The molecule has 0 saturated heterocycles. The standard InChI is InChI=1S/C8H14O2/c1-7(2)5-8(6-10)3-4-9/h4,6-8H,3,5H2,1-2H3. The predicted octanol–water partition coefficient (Wildman–Crippen LogP) is 1.44. The third kappa shape index (κ3) is 4.24. The number of carbonyl (C=O) groups is 2. The Bertz CT molecular complexity index is 108. The summed E-state index contributed by atoms with van der Waals surface area (Å²) in [5.74, 6) is 0.438. The third-order valence-corrected chi connectivity index (χ3v) is 1.37. The molecule has 10 heavy (non-hydrogen) atoms. The molecule has 0 spiro atoms. The molecule has 0 bridgehead atoms. The van der Waals surface area contributed by atoms with Crippen molar-refractivity contribution in [2.75, 3.05) is 0 Å². The lowest BCUT2D eigenvalue weighted by molar-refractivity contribution is -0.115. The van der Waals surface area contributed by atoms with E-state index >= 15 is 0 Å². The Morgan fingerprint density at radius 3 is 2.20 bits per heavy atom. The molecule has 0 aromatic carbocycles. The van der Waals surface area contributed by atoms with Crippen LogP contribution >= 0.6 is 0 Å². The Morgan fingerprint density at radius 2 is 1.90 bits per heavy atom. The Kier molecular flexibility index (Phi) is 4.81. The van der Waals surface area contributed by atoms with Gasteiger partial charge in [0.1, 0.15) is 12.6 Å². The SMILES string of the molecule is CC(C)CC(C=O)CC=O. The highest BCUT2D eigenvalue weighted by molar-refractivity contribution is 5.61. The largest absolute Gasteiger partial charge is 0.303 e. The Balaban J connectivity index is 3.59. The van der Waals surface area contributed by atoms with Crippen LogP contribution in [0.3, 0.4) is 0 Å². The predicted molar refractivity (Wildman–Crippen MR) is 39.7 cm³/mol. The number of rotatable bonds is 5. The first-order chi connectivity index (χ1) is 4.70. The number of hydrogen-bond acceptors (Lipinski definition) is 2. The van der Waals surface area contributed by atoms with Gasteiger partial charge in [-0.25, -0.2) is 0 Å². The van der Waals surface area contributed by atoms with Crippen LogP contribution in [0.5, 0.6) is 0 Å². The van der Waals surface area contributed by atoms with Crippen molar-refractivity contribution in [3.63, 3.8) is 0 Å². The average molecular weight is 142 g/mol. The minimum absolute atomic E-state index is 0.0579. The molecule has 0 amide bonds. The van der Waals surface area contributed by atoms with Crippen molar-refractivity contribution in [1.82, 2.24) is 0 Å². The fourth-order valence-corrected chi connectivity index (χ4v) is 0.936. The second-order valence-corrected chi connectivity index (χ2v) is 2.93. The molecule has 0 rings (SSSR count). The van der Waals surface area contributed by atoms with Gasteiger partial charge in [-0.2, -0.15) is 0 Å². The molecule has 0 aromatic rings. The van der Waals surface area contributed by atoms with E-state index in [0.29, 0.717) is 12.3 Å². The number of aldehydes is 2. The quantitative estimate of drug-likeness (QED) is 0.544. The molecule has 2 heteroatoms. The second kappa shape index (κ2) is 5.15. The van der Waals surface area contributed by atoms with E-state index in [-0.39, 0.29) is 5.92 Å². The molecule has 0 fully saturated rings. The Hall–Kier alpha value is -0.660. The zero-order chi connectivity index (χ0) is 7.98. The molecule has 2 nitrogen and oxygen atoms in total. The van der Waals surface area contributed by atoms with Crippen LogP contribution in [0.15, 0.2) is 0 Å². The molecular formula is C8H14O2. The first-order valence-corrected chi connectivity index (χ1v) is 3.59. The van der Waals surface area contributed by atoms with Crippen molar-refractivity contribution in [2.24, 2.45) is 11.8 Å². The van der Waals surface area contributed by atoms with E-state index in [0.717, 1.165) is 19.0 Å². The third-order valence-electron chi connectivity index (χ3n) is 1.37. The highest BCUT2D eigenvalue weighted by atomic mass is 16.1. The van der Waals surface area contributed by atoms with Gasteiger partial charge in [0.15, 0.2) is 0 Å². The molecule has 1 unspecified atom stereocenters. The van der Waals surface area contributed by atoms with Crippen LogP contribution in [0, 0.1) is 11.8 Å². The van der Waals surface area contributed by atoms with Crippen molar-refractivity contribution < 1.29 is 9.59 Å². The molecule has 0 aromatic heterocycles. The smallest absolute Gasteiger partial charge is 0.123 e. The first kappa shape index (κ1) is 9.34. The van der Waals surface area contributed by atoms with Gasteiger partial charge in [-0.15, -0.1) is 0 Å². The summed E-state index contributed by atoms with van der Waals surface area (Å²) in [6, 6.07) is 0. The first-order valence-electron chi connectivity index (χ1n) is 3.59. The van der Waals surface area contributed by atoms with Crippen molar-refractivity contribution in [1.29, 1.82) is 0 Å². The van der Waals surface area contributed by atoms with Crippen molar-refractivity contribution >= 4 is 12.6 Å². The monoisotopic (exact) mass is 142 g/mol. The van der Waals surface area contributed by atoms with Crippen molar-refractivity contribution in [3.8, 4) is 0 Å². The molecule has 0 N–H and O–H groups in total. The Labute approximate surface area is 61.6 Å². The second-order valence-electron chi connectivity index (χ2n) is 2.93. The van der Waals surface area contributed by atoms with Gasteiger partial charge in [0.05, 0.1) is 0 Å². The maximum atomic E-state index is 10.3. The normalized spacial score (nSPS) is 13.1. The lowest BCUT2D eigenvalue weighted by Crippen LogP contribution is -2.06. The van der Waals surface area contributed by atoms with E-state index in [1.165, 1.54) is 0 Å². The summed E-state index contributed by atoms with van der Waals surface area (Å²) < 4.78 is 0. The minimum Gasteiger partial charge on any atom is -0.303 e. The average Bonchev–Trinajstić information content (AvgIpc) is 1.86. The summed E-state index contributed by atoms with van der Waals surface area (Å²) in [5, 5.41) is 0. The molecular weight excluding hydrogens is 128 g/mol. The zero-order valence-corrected chi connectivity index (χ0v) is 6.54. The molecule has 0 aliphatic rings. The van der Waals surface area contributed by atoms with Gasteiger partial charge in [0.25, 0.3) is 0 Å². The maximum absolute atomic E-state index is 10.3. The van der Waals surface area contributed by atoms with Gasteiger partial charge in [0.2, 0.25) is 0 Å². The molecule has 0 aliphatic carbocycles. The molecule has 1 atom stereocenters. The maximum Gasteiger partial charge on any atom is 0.123 e. The van der Waals surface area contributed by atoms with E-state index in [1.807, 2.05) is 13.8 Å². The van der Waals surface area contributed by atoms with E-state index < -0.39 is 0 Å². The fourth-order valence-electron chi connectivity index (χ4n) is 0.936. The lowest BCUT2D eigenvalue weighted by atomic mass is 9.96. The molecule has 0 heterocycles. The van der Waals surface area contributed by atoms with Crippen LogP contribution in [-0.2, 0) is 9.59 Å². The van der Waals surface area contributed by atoms with Crippen molar-refractivity contribution in [3.05, 3.63) is 0 Å². The summed E-state index contributed by atoms with van der Waals surface area (Å²) in [6.07, 6.45) is 2.87. The van der Waals surface area contributed by atoms with Crippen LogP contribution in [0.25, 0.3) is 0 Å². The van der Waals surface area contributed by atoms with Crippen LogP contribution in [0.1, 0.15) is 26.7 Å². The van der Waals surface area contributed by atoms with E-state index in [4.69, 9.17) is 0 Å². The van der Waals surface area contributed by atoms with Gasteiger partial charge < -0.3 is 9.59 Å².